The number of nitrogens with one attached hydrogen (secondary N) is 1. The summed E-state index contributed by atoms with van der Waals surface area (Å²) in [5.41, 5.74) is -0.220. The second kappa shape index (κ2) is 4.69. The second-order valence-electron chi connectivity index (χ2n) is 7.70. The van der Waals surface area contributed by atoms with Crippen molar-refractivity contribution in [1.29, 1.82) is 0 Å². The third-order valence-electron chi connectivity index (χ3n) is 4.45. The molecular weight excluding hydrogens is 296 g/mol. The molecule has 124 valence electrons. The van der Waals surface area contributed by atoms with Crippen molar-refractivity contribution in [2.45, 2.75) is 64.1 Å². The van der Waals surface area contributed by atoms with Crippen molar-refractivity contribution in [3.63, 3.8) is 0 Å². The summed E-state index contributed by atoms with van der Waals surface area (Å²) in [4.78, 5) is 28.6. The Kier molecular flexibility index (Phi) is 3.22. The van der Waals surface area contributed by atoms with E-state index >= 15 is 0 Å². The molecule has 0 saturated heterocycles. The van der Waals surface area contributed by atoms with Crippen LogP contribution in [0.25, 0.3) is 0 Å². The number of rotatable bonds is 1. The van der Waals surface area contributed by atoms with E-state index in [1.165, 1.54) is 0 Å². The maximum Gasteiger partial charge on any atom is 0.413 e. The van der Waals surface area contributed by atoms with Gasteiger partial charge in [0.2, 0.25) is 0 Å². The van der Waals surface area contributed by atoms with Crippen LogP contribution in [0.4, 0.5) is 10.6 Å². The number of ether oxygens (including phenoxy) is 2. The van der Waals surface area contributed by atoms with Crippen LogP contribution in [-0.2, 0) is 14.9 Å². The van der Waals surface area contributed by atoms with Gasteiger partial charge in [0.05, 0.1) is 16.7 Å². The Hall–Kier alpha value is -2.11. The molecule has 1 aliphatic carbocycles. The maximum atomic E-state index is 12.2. The SMILES string of the molecule is CC(C)(C)OC(=O)Nc1ccc2c(n1)C1(CC1)C(C)(C)OC2=O. The predicted octanol–water partition coefficient (Wildman–Crippen LogP) is 3.41. The normalized spacial score (nSPS) is 20.5. The lowest BCUT2D eigenvalue weighted by Gasteiger charge is -2.39. The molecule has 1 fully saturated rings. The fraction of sp³-hybridized carbons (Fsp3) is 0.588. The molecule has 2 heterocycles. The highest BCUT2D eigenvalue weighted by Crippen LogP contribution is 2.59. The number of pyridine rings is 1. The van der Waals surface area contributed by atoms with Crippen LogP contribution in [0.1, 0.15) is 63.5 Å². The van der Waals surface area contributed by atoms with Gasteiger partial charge in [0, 0.05) is 0 Å². The fourth-order valence-electron chi connectivity index (χ4n) is 3.10. The summed E-state index contributed by atoms with van der Waals surface area (Å²) in [5.74, 6) is 0.0219. The van der Waals surface area contributed by atoms with Crippen molar-refractivity contribution >= 4 is 17.9 Å². The van der Waals surface area contributed by atoms with Gasteiger partial charge in [0.25, 0.3) is 0 Å². The standard InChI is InChI=1S/C17H22N2O4/c1-15(2,3)23-14(21)19-11-7-6-10-12(18-11)17(8-9-17)16(4,5)22-13(10)20/h6-7H,8-9H2,1-5H3,(H,18,19,21). The Morgan fingerprint density at radius 1 is 1.30 bits per heavy atom. The molecular formula is C17H22N2O4. The summed E-state index contributed by atoms with van der Waals surface area (Å²) < 4.78 is 10.8. The molecule has 23 heavy (non-hydrogen) atoms. The first-order chi connectivity index (χ1) is 10.5. The van der Waals surface area contributed by atoms with Crippen LogP contribution >= 0.6 is 0 Å². The molecule has 0 radical (unpaired) electrons. The third kappa shape index (κ3) is 2.66. The van der Waals surface area contributed by atoms with Crippen LogP contribution in [0.15, 0.2) is 12.1 Å². The van der Waals surface area contributed by atoms with Crippen molar-refractivity contribution in [2.75, 3.05) is 5.32 Å². The highest BCUT2D eigenvalue weighted by Gasteiger charge is 2.63. The molecule has 1 saturated carbocycles. The summed E-state index contributed by atoms with van der Waals surface area (Å²) in [6.45, 7) is 9.22. The van der Waals surface area contributed by atoms with Gasteiger partial charge in [-0.15, -0.1) is 0 Å². The molecule has 1 aliphatic heterocycles. The van der Waals surface area contributed by atoms with Crippen LogP contribution in [0.2, 0.25) is 0 Å². The van der Waals surface area contributed by atoms with Crippen LogP contribution in [-0.4, -0.2) is 28.2 Å². The summed E-state index contributed by atoms with van der Waals surface area (Å²) in [5, 5.41) is 2.63. The zero-order valence-corrected chi connectivity index (χ0v) is 14.1. The molecule has 1 N–H and O–H groups in total. The average molecular weight is 318 g/mol. The summed E-state index contributed by atoms with van der Waals surface area (Å²) in [7, 11) is 0. The highest BCUT2D eigenvalue weighted by atomic mass is 16.6. The predicted molar refractivity (Wildman–Crippen MR) is 84.5 cm³/mol. The number of hydrogen-bond donors (Lipinski definition) is 1. The van der Waals surface area contributed by atoms with Crippen molar-refractivity contribution < 1.29 is 19.1 Å². The van der Waals surface area contributed by atoms with Gasteiger partial charge >= 0.3 is 12.1 Å². The van der Waals surface area contributed by atoms with Crippen molar-refractivity contribution in [3.8, 4) is 0 Å². The van der Waals surface area contributed by atoms with Crippen LogP contribution in [0.5, 0.6) is 0 Å². The molecule has 0 unspecified atom stereocenters. The summed E-state index contributed by atoms with van der Waals surface area (Å²) in [6.07, 6.45) is 1.28. The molecule has 1 aromatic rings. The topological polar surface area (TPSA) is 77.5 Å². The second-order valence-corrected chi connectivity index (χ2v) is 7.70. The first-order valence-corrected chi connectivity index (χ1v) is 7.79. The minimum Gasteiger partial charge on any atom is -0.455 e. The quantitative estimate of drug-likeness (QED) is 0.803. The van der Waals surface area contributed by atoms with Crippen LogP contribution in [0, 0.1) is 0 Å². The van der Waals surface area contributed by atoms with E-state index in [1.807, 2.05) is 13.8 Å². The third-order valence-corrected chi connectivity index (χ3v) is 4.45. The van der Waals surface area contributed by atoms with Gasteiger partial charge in [-0.05, 0) is 59.6 Å². The Balaban J connectivity index is 1.91. The highest BCUT2D eigenvalue weighted by molar-refractivity contribution is 5.94. The lowest BCUT2D eigenvalue weighted by Crippen LogP contribution is -2.46. The van der Waals surface area contributed by atoms with Gasteiger partial charge < -0.3 is 9.47 Å². The maximum absolute atomic E-state index is 12.2. The molecule has 6 nitrogen and oxygen atoms in total. The first-order valence-electron chi connectivity index (χ1n) is 7.79. The molecule has 1 spiro atoms. The minimum absolute atomic E-state index is 0.248. The number of amides is 1. The van der Waals surface area contributed by atoms with Crippen LogP contribution in [0.3, 0.4) is 0 Å². The van der Waals surface area contributed by atoms with Crippen molar-refractivity contribution in [3.05, 3.63) is 23.4 Å². The Labute approximate surface area is 135 Å². The minimum atomic E-state index is -0.589. The molecule has 1 amide bonds. The molecule has 1 aromatic heterocycles. The number of aromatic nitrogens is 1. The number of hydrogen-bond acceptors (Lipinski definition) is 5. The Morgan fingerprint density at radius 2 is 1.96 bits per heavy atom. The van der Waals surface area contributed by atoms with E-state index in [9.17, 15) is 9.59 Å². The summed E-state index contributed by atoms with van der Waals surface area (Å²) >= 11 is 0. The Bertz CT molecular complexity index is 684. The van der Waals surface area contributed by atoms with E-state index in [1.54, 1.807) is 32.9 Å². The van der Waals surface area contributed by atoms with Gasteiger partial charge in [-0.25, -0.2) is 14.6 Å². The molecule has 0 bridgehead atoms. The number of esters is 1. The smallest absolute Gasteiger partial charge is 0.413 e. The number of carbonyl (C=O) groups is 2. The molecule has 0 atom stereocenters. The first kappa shape index (κ1) is 15.8. The molecule has 6 heteroatoms. The van der Waals surface area contributed by atoms with E-state index in [4.69, 9.17) is 9.47 Å². The van der Waals surface area contributed by atoms with Crippen LogP contribution < -0.4 is 5.32 Å². The number of nitrogens with zero attached hydrogens (tertiary/aromatic N) is 1. The molecule has 3 rings (SSSR count). The zero-order valence-electron chi connectivity index (χ0n) is 14.1. The van der Waals surface area contributed by atoms with Crippen molar-refractivity contribution in [1.82, 2.24) is 4.98 Å². The van der Waals surface area contributed by atoms with Gasteiger partial charge in [-0.2, -0.15) is 0 Å². The lowest BCUT2D eigenvalue weighted by molar-refractivity contribution is -0.0285. The number of fused-ring (bicyclic) bond motifs is 2. The number of anilines is 1. The van der Waals surface area contributed by atoms with E-state index in [2.05, 4.69) is 10.3 Å². The zero-order chi connectivity index (χ0) is 17.0. The Morgan fingerprint density at radius 3 is 2.52 bits per heavy atom. The van der Waals surface area contributed by atoms with Gasteiger partial charge in [0.1, 0.15) is 17.0 Å². The van der Waals surface area contributed by atoms with E-state index in [-0.39, 0.29) is 11.4 Å². The lowest BCUT2D eigenvalue weighted by atomic mass is 9.80. The monoisotopic (exact) mass is 318 g/mol. The van der Waals surface area contributed by atoms with Crippen molar-refractivity contribution in [2.24, 2.45) is 0 Å². The number of cyclic esters (lactones) is 1. The fourth-order valence-corrected chi connectivity index (χ4v) is 3.10. The van der Waals surface area contributed by atoms with E-state index in [0.717, 1.165) is 12.8 Å². The van der Waals surface area contributed by atoms with Gasteiger partial charge in [-0.1, -0.05) is 0 Å². The van der Waals surface area contributed by atoms with Gasteiger partial charge in [0.15, 0.2) is 0 Å². The van der Waals surface area contributed by atoms with Gasteiger partial charge in [-0.3, -0.25) is 5.32 Å². The molecule has 2 aliphatic rings. The van der Waals surface area contributed by atoms with E-state index < -0.39 is 17.3 Å². The summed E-state index contributed by atoms with van der Waals surface area (Å²) in [6, 6.07) is 3.26. The van der Waals surface area contributed by atoms with E-state index in [0.29, 0.717) is 17.1 Å². The average Bonchev–Trinajstić information content (AvgIpc) is 3.15. The number of carbonyl (C=O) groups excluding carboxylic acids is 2. The molecule has 0 aromatic carbocycles. The largest absolute Gasteiger partial charge is 0.455 e.